The van der Waals surface area contributed by atoms with Crippen molar-refractivity contribution in [1.29, 1.82) is 0 Å². The predicted octanol–water partition coefficient (Wildman–Crippen LogP) is 4.29. The molecule has 1 fully saturated rings. The van der Waals surface area contributed by atoms with Crippen LogP contribution in [0.15, 0.2) is 24.3 Å². The van der Waals surface area contributed by atoms with Crippen molar-refractivity contribution < 1.29 is 18.0 Å². The summed E-state index contributed by atoms with van der Waals surface area (Å²) in [6, 6.07) is 4.90. The van der Waals surface area contributed by atoms with Crippen molar-refractivity contribution in [3.63, 3.8) is 0 Å². The van der Waals surface area contributed by atoms with Gasteiger partial charge in [0.1, 0.15) is 0 Å². The van der Waals surface area contributed by atoms with Crippen molar-refractivity contribution in [2.75, 3.05) is 0 Å². The summed E-state index contributed by atoms with van der Waals surface area (Å²) in [6.45, 7) is 0.281. The lowest BCUT2D eigenvalue weighted by Crippen LogP contribution is -2.25. The van der Waals surface area contributed by atoms with E-state index in [1.165, 1.54) is 31.4 Å². The van der Waals surface area contributed by atoms with E-state index in [0.717, 1.165) is 25.0 Å². The zero-order valence-corrected chi connectivity index (χ0v) is 11.9. The van der Waals surface area contributed by atoms with Gasteiger partial charge in [-0.2, -0.15) is 13.2 Å². The lowest BCUT2D eigenvalue weighted by atomic mass is 9.87. The Kier molecular flexibility index (Phi) is 5.26. The maximum atomic E-state index is 12.4. The molecule has 1 aromatic rings. The number of carbonyl (C=O) groups excluding carboxylic acids is 1. The fourth-order valence-electron chi connectivity index (χ4n) is 2.74. The van der Waals surface area contributed by atoms with Crippen LogP contribution in [-0.4, -0.2) is 5.91 Å². The summed E-state index contributed by atoms with van der Waals surface area (Å²) in [5.74, 6) is 0.452. The Morgan fingerprint density at radius 1 is 1.10 bits per heavy atom. The molecular weight excluding hydrogens is 279 g/mol. The first-order chi connectivity index (χ1) is 9.95. The predicted molar refractivity (Wildman–Crippen MR) is 74.5 cm³/mol. The lowest BCUT2D eigenvalue weighted by molar-refractivity contribution is -0.137. The van der Waals surface area contributed by atoms with Crippen LogP contribution in [0.25, 0.3) is 0 Å². The van der Waals surface area contributed by atoms with E-state index in [-0.39, 0.29) is 12.5 Å². The van der Waals surface area contributed by atoms with Crippen molar-refractivity contribution >= 4 is 5.91 Å². The van der Waals surface area contributed by atoms with Gasteiger partial charge < -0.3 is 5.32 Å². The number of nitrogens with one attached hydrogen (secondary N) is 1. The molecule has 1 aliphatic carbocycles. The highest BCUT2D eigenvalue weighted by Gasteiger charge is 2.29. The first-order valence-electron chi connectivity index (χ1n) is 7.38. The van der Waals surface area contributed by atoms with Gasteiger partial charge >= 0.3 is 6.18 Å². The average molecular weight is 299 g/mol. The third kappa shape index (κ3) is 5.06. The average Bonchev–Trinajstić information content (AvgIpc) is 2.46. The Bertz CT molecular complexity index is 461. The number of rotatable bonds is 4. The van der Waals surface area contributed by atoms with Crippen LogP contribution in [0.3, 0.4) is 0 Å². The molecule has 2 nitrogen and oxygen atoms in total. The van der Waals surface area contributed by atoms with E-state index in [1.807, 2.05) is 0 Å². The van der Waals surface area contributed by atoms with E-state index in [2.05, 4.69) is 5.32 Å². The summed E-state index contributed by atoms with van der Waals surface area (Å²) >= 11 is 0. The van der Waals surface area contributed by atoms with Crippen molar-refractivity contribution in [1.82, 2.24) is 5.32 Å². The SMILES string of the molecule is O=C(CC1CCCCC1)NCc1ccc(C(F)(F)F)cc1. The van der Waals surface area contributed by atoms with Crippen LogP contribution in [-0.2, 0) is 17.5 Å². The Morgan fingerprint density at radius 2 is 1.71 bits per heavy atom. The molecule has 0 aromatic heterocycles. The highest BCUT2D eigenvalue weighted by Crippen LogP contribution is 2.29. The van der Waals surface area contributed by atoms with Gasteiger partial charge in [-0.1, -0.05) is 31.4 Å². The van der Waals surface area contributed by atoms with Gasteiger partial charge in [0, 0.05) is 13.0 Å². The second kappa shape index (κ2) is 6.96. The van der Waals surface area contributed by atoms with Gasteiger partial charge in [0.05, 0.1) is 5.56 Å². The van der Waals surface area contributed by atoms with Gasteiger partial charge in [0.15, 0.2) is 0 Å². The Hall–Kier alpha value is -1.52. The van der Waals surface area contributed by atoms with Crippen molar-refractivity contribution in [2.24, 2.45) is 5.92 Å². The normalized spacial score (nSPS) is 16.7. The summed E-state index contributed by atoms with van der Waals surface area (Å²) < 4.78 is 37.3. The van der Waals surface area contributed by atoms with Crippen LogP contribution in [0.4, 0.5) is 13.2 Å². The number of hydrogen-bond donors (Lipinski definition) is 1. The van der Waals surface area contributed by atoms with Crippen LogP contribution >= 0.6 is 0 Å². The monoisotopic (exact) mass is 299 g/mol. The maximum absolute atomic E-state index is 12.4. The Balaban J connectivity index is 1.78. The maximum Gasteiger partial charge on any atom is 0.416 e. The zero-order chi connectivity index (χ0) is 15.3. The van der Waals surface area contributed by atoms with Crippen LogP contribution in [0.1, 0.15) is 49.7 Å². The number of halogens is 3. The summed E-state index contributed by atoms with van der Waals surface area (Å²) in [6.07, 6.45) is 2.06. The number of amides is 1. The van der Waals surface area contributed by atoms with Gasteiger partial charge in [-0.25, -0.2) is 0 Å². The molecular formula is C16H20F3NO. The number of carbonyl (C=O) groups is 1. The van der Waals surface area contributed by atoms with Crippen molar-refractivity contribution in [3.05, 3.63) is 35.4 Å². The second-order valence-electron chi connectivity index (χ2n) is 5.68. The summed E-state index contributed by atoms with van der Waals surface area (Å²) in [7, 11) is 0. The minimum absolute atomic E-state index is 0.0122. The molecule has 0 unspecified atom stereocenters. The minimum Gasteiger partial charge on any atom is -0.352 e. The van der Waals surface area contributed by atoms with E-state index in [0.29, 0.717) is 17.9 Å². The number of alkyl halides is 3. The van der Waals surface area contributed by atoms with Gasteiger partial charge in [0.25, 0.3) is 0 Å². The third-order valence-corrected chi connectivity index (χ3v) is 3.97. The summed E-state index contributed by atoms with van der Waals surface area (Å²) in [4.78, 5) is 11.8. The van der Waals surface area contributed by atoms with Gasteiger partial charge in [-0.15, -0.1) is 0 Å². The number of hydrogen-bond acceptors (Lipinski definition) is 1. The molecule has 1 aliphatic rings. The molecule has 0 aliphatic heterocycles. The highest BCUT2D eigenvalue weighted by atomic mass is 19.4. The van der Waals surface area contributed by atoms with Gasteiger partial charge in [-0.3, -0.25) is 4.79 Å². The van der Waals surface area contributed by atoms with Gasteiger partial charge in [0.2, 0.25) is 5.91 Å². The zero-order valence-electron chi connectivity index (χ0n) is 11.9. The molecule has 0 atom stereocenters. The van der Waals surface area contributed by atoms with Crippen molar-refractivity contribution in [2.45, 2.75) is 51.2 Å². The molecule has 116 valence electrons. The van der Waals surface area contributed by atoms with Crippen LogP contribution in [0.5, 0.6) is 0 Å². The molecule has 2 rings (SSSR count). The van der Waals surface area contributed by atoms with Crippen LogP contribution < -0.4 is 5.32 Å². The van der Waals surface area contributed by atoms with E-state index < -0.39 is 11.7 Å². The quantitative estimate of drug-likeness (QED) is 0.882. The molecule has 21 heavy (non-hydrogen) atoms. The molecule has 1 amide bonds. The van der Waals surface area contributed by atoms with E-state index in [4.69, 9.17) is 0 Å². The van der Waals surface area contributed by atoms with Crippen LogP contribution in [0, 0.1) is 5.92 Å². The molecule has 0 bridgehead atoms. The lowest BCUT2D eigenvalue weighted by Gasteiger charge is -2.20. The fourth-order valence-corrected chi connectivity index (χ4v) is 2.74. The molecule has 0 saturated heterocycles. The van der Waals surface area contributed by atoms with E-state index in [9.17, 15) is 18.0 Å². The van der Waals surface area contributed by atoms with E-state index >= 15 is 0 Å². The second-order valence-corrected chi connectivity index (χ2v) is 5.68. The van der Waals surface area contributed by atoms with Crippen LogP contribution in [0.2, 0.25) is 0 Å². The minimum atomic E-state index is -4.32. The fraction of sp³-hybridized carbons (Fsp3) is 0.562. The highest BCUT2D eigenvalue weighted by molar-refractivity contribution is 5.76. The first-order valence-corrected chi connectivity index (χ1v) is 7.38. The first kappa shape index (κ1) is 15.9. The third-order valence-electron chi connectivity index (χ3n) is 3.97. The summed E-state index contributed by atoms with van der Waals surface area (Å²) in [5, 5.41) is 2.78. The van der Waals surface area contributed by atoms with E-state index in [1.54, 1.807) is 0 Å². The molecule has 5 heteroatoms. The molecule has 0 radical (unpaired) electrons. The Labute approximate surface area is 122 Å². The standard InChI is InChI=1S/C16H20F3NO/c17-16(18,19)14-8-6-13(7-9-14)11-20-15(21)10-12-4-2-1-3-5-12/h6-9,12H,1-5,10-11H2,(H,20,21). The smallest absolute Gasteiger partial charge is 0.352 e. The molecule has 0 heterocycles. The Morgan fingerprint density at radius 3 is 2.29 bits per heavy atom. The largest absolute Gasteiger partial charge is 0.416 e. The molecule has 1 aromatic carbocycles. The molecule has 0 spiro atoms. The molecule has 1 N–H and O–H groups in total. The summed E-state index contributed by atoms with van der Waals surface area (Å²) in [5.41, 5.74) is 0.0137. The van der Waals surface area contributed by atoms with Gasteiger partial charge in [-0.05, 0) is 36.5 Å². The number of benzene rings is 1. The topological polar surface area (TPSA) is 29.1 Å². The molecule has 1 saturated carbocycles. The van der Waals surface area contributed by atoms with Crippen molar-refractivity contribution in [3.8, 4) is 0 Å².